The maximum absolute atomic E-state index is 12.7. The van der Waals surface area contributed by atoms with E-state index in [1.165, 1.54) is 16.0 Å². The molecule has 2 aliphatic heterocycles. The third kappa shape index (κ3) is 4.58. The SMILES string of the molecule is CCNC(=O)N1CC[NH+](CCN2C(=O)[C@H](C)S[C@@H]2c2ccccc2C)CC1. The third-order valence-corrected chi connectivity index (χ3v) is 6.87. The second kappa shape index (κ2) is 8.97. The van der Waals surface area contributed by atoms with E-state index in [0.717, 1.165) is 39.3 Å². The Morgan fingerprint density at radius 1 is 1.30 bits per heavy atom. The van der Waals surface area contributed by atoms with E-state index in [1.807, 2.05) is 24.8 Å². The number of rotatable bonds is 5. The number of piperazine rings is 1. The van der Waals surface area contributed by atoms with Gasteiger partial charge in [-0.05, 0) is 31.9 Å². The smallest absolute Gasteiger partial charge is 0.317 e. The van der Waals surface area contributed by atoms with Crippen LogP contribution in [0, 0.1) is 6.92 Å². The molecule has 0 spiro atoms. The van der Waals surface area contributed by atoms with Crippen LogP contribution < -0.4 is 10.2 Å². The van der Waals surface area contributed by atoms with E-state index in [0.29, 0.717) is 6.54 Å². The molecule has 2 atom stereocenters. The van der Waals surface area contributed by atoms with Gasteiger partial charge < -0.3 is 20.0 Å². The minimum Gasteiger partial charge on any atom is -0.338 e. The highest BCUT2D eigenvalue weighted by molar-refractivity contribution is 8.01. The van der Waals surface area contributed by atoms with Gasteiger partial charge in [0.15, 0.2) is 0 Å². The van der Waals surface area contributed by atoms with Gasteiger partial charge in [0.05, 0.1) is 44.5 Å². The van der Waals surface area contributed by atoms with Crippen LogP contribution in [-0.4, -0.2) is 72.8 Å². The first-order valence-electron chi connectivity index (χ1n) is 9.89. The van der Waals surface area contributed by atoms with Crippen LogP contribution in [0.5, 0.6) is 0 Å². The standard InChI is InChI=1S/C20H30N4O2S/c1-4-21-20(26)23-12-9-22(10-13-23)11-14-24-18(25)16(3)27-19(24)17-8-6-5-7-15(17)2/h5-8,16,19H,4,9-14H2,1-3H3,(H,21,26)/p+1/t16-,19+/m0/s1. The highest BCUT2D eigenvalue weighted by Gasteiger charge is 2.39. The van der Waals surface area contributed by atoms with E-state index in [2.05, 4.69) is 35.3 Å². The fraction of sp³-hybridized carbons (Fsp3) is 0.600. The molecular formula is C20H31N4O2S+. The Kier molecular flexibility index (Phi) is 6.65. The summed E-state index contributed by atoms with van der Waals surface area (Å²) in [6, 6.07) is 8.40. The largest absolute Gasteiger partial charge is 0.338 e. The number of nitrogens with one attached hydrogen (secondary N) is 2. The fourth-order valence-electron chi connectivity index (χ4n) is 3.82. The highest BCUT2D eigenvalue weighted by Crippen LogP contribution is 2.43. The summed E-state index contributed by atoms with van der Waals surface area (Å²) in [5.74, 6) is 0.244. The summed E-state index contributed by atoms with van der Waals surface area (Å²) < 4.78 is 0. The number of aryl methyl sites for hydroxylation is 1. The summed E-state index contributed by atoms with van der Waals surface area (Å²) in [4.78, 5) is 30.1. The minimum atomic E-state index is 0.0131. The van der Waals surface area contributed by atoms with Gasteiger partial charge in [-0.2, -0.15) is 0 Å². The quantitative estimate of drug-likeness (QED) is 0.784. The Hall–Kier alpha value is -1.73. The molecule has 27 heavy (non-hydrogen) atoms. The van der Waals surface area contributed by atoms with Crippen molar-refractivity contribution in [1.29, 1.82) is 0 Å². The van der Waals surface area contributed by atoms with Crippen molar-refractivity contribution in [1.82, 2.24) is 15.1 Å². The lowest BCUT2D eigenvalue weighted by Gasteiger charge is -2.33. The second-order valence-corrected chi connectivity index (χ2v) is 8.77. The Labute approximate surface area is 166 Å². The molecule has 6 nitrogen and oxygen atoms in total. The zero-order chi connectivity index (χ0) is 19.4. The number of hydrogen-bond acceptors (Lipinski definition) is 3. The number of quaternary nitrogens is 1. The van der Waals surface area contributed by atoms with Crippen LogP contribution in [0.25, 0.3) is 0 Å². The monoisotopic (exact) mass is 391 g/mol. The average Bonchev–Trinajstić information content (AvgIpc) is 2.95. The summed E-state index contributed by atoms with van der Waals surface area (Å²) in [5.41, 5.74) is 2.49. The van der Waals surface area contributed by atoms with Gasteiger partial charge in [0, 0.05) is 6.54 Å². The first kappa shape index (κ1) is 20.0. The van der Waals surface area contributed by atoms with Crippen LogP contribution in [0.4, 0.5) is 4.79 Å². The zero-order valence-corrected chi connectivity index (χ0v) is 17.3. The molecule has 2 saturated heterocycles. The average molecular weight is 392 g/mol. The number of benzene rings is 1. The lowest BCUT2D eigenvalue weighted by atomic mass is 10.1. The number of carbonyl (C=O) groups is 2. The predicted octanol–water partition coefficient (Wildman–Crippen LogP) is 0.888. The highest BCUT2D eigenvalue weighted by atomic mass is 32.2. The lowest BCUT2D eigenvalue weighted by Crippen LogP contribution is -3.15. The number of hydrogen-bond donors (Lipinski definition) is 2. The number of thioether (sulfide) groups is 1. The van der Waals surface area contributed by atoms with Crippen molar-refractivity contribution in [3.63, 3.8) is 0 Å². The van der Waals surface area contributed by atoms with E-state index >= 15 is 0 Å². The maximum Gasteiger partial charge on any atom is 0.317 e. The fourth-order valence-corrected chi connectivity index (χ4v) is 5.23. The van der Waals surface area contributed by atoms with E-state index in [9.17, 15) is 9.59 Å². The van der Waals surface area contributed by atoms with Crippen molar-refractivity contribution in [2.75, 3.05) is 45.8 Å². The number of urea groups is 1. The van der Waals surface area contributed by atoms with E-state index in [-0.39, 0.29) is 22.6 Å². The molecule has 0 bridgehead atoms. The Balaban J connectivity index is 1.57. The molecule has 3 amide bonds. The van der Waals surface area contributed by atoms with Gasteiger partial charge in [-0.15, -0.1) is 11.8 Å². The van der Waals surface area contributed by atoms with Gasteiger partial charge in [-0.25, -0.2) is 4.79 Å². The molecule has 0 unspecified atom stereocenters. The predicted molar refractivity (Wildman–Crippen MR) is 109 cm³/mol. The molecule has 1 aromatic carbocycles. The molecule has 0 aliphatic carbocycles. The van der Waals surface area contributed by atoms with Gasteiger partial charge in [0.25, 0.3) is 0 Å². The van der Waals surface area contributed by atoms with Crippen molar-refractivity contribution < 1.29 is 14.5 Å². The van der Waals surface area contributed by atoms with Crippen LogP contribution in [0.1, 0.15) is 30.3 Å². The number of nitrogens with zero attached hydrogens (tertiary/aromatic N) is 2. The Bertz CT molecular complexity index is 676. The minimum absolute atomic E-state index is 0.0131. The summed E-state index contributed by atoms with van der Waals surface area (Å²) in [7, 11) is 0. The molecule has 0 aromatic heterocycles. The van der Waals surface area contributed by atoms with E-state index in [1.54, 1.807) is 11.8 Å². The molecule has 2 fully saturated rings. The Morgan fingerprint density at radius 3 is 2.67 bits per heavy atom. The van der Waals surface area contributed by atoms with Crippen molar-refractivity contribution in [2.24, 2.45) is 0 Å². The number of carbonyl (C=O) groups excluding carboxylic acids is 2. The maximum atomic E-state index is 12.7. The number of amides is 3. The van der Waals surface area contributed by atoms with E-state index < -0.39 is 0 Å². The van der Waals surface area contributed by atoms with Crippen LogP contribution >= 0.6 is 11.8 Å². The molecule has 0 radical (unpaired) electrons. The molecule has 3 rings (SSSR count). The van der Waals surface area contributed by atoms with Crippen molar-refractivity contribution >= 4 is 23.7 Å². The molecular weight excluding hydrogens is 360 g/mol. The van der Waals surface area contributed by atoms with Crippen molar-refractivity contribution in [2.45, 2.75) is 31.4 Å². The molecule has 7 heteroatoms. The molecule has 0 saturated carbocycles. The van der Waals surface area contributed by atoms with Crippen LogP contribution in [0.3, 0.4) is 0 Å². The van der Waals surface area contributed by atoms with Gasteiger partial charge >= 0.3 is 6.03 Å². The van der Waals surface area contributed by atoms with Gasteiger partial charge in [0.2, 0.25) is 5.91 Å². The third-order valence-electron chi connectivity index (χ3n) is 5.49. The molecule has 1 aromatic rings. The molecule has 2 N–H and O–H groups in total. The van der Waals surface area contributed by atoms with Crippen LogP contribution in [0.15, 0.2) is 24.3 Å². The summed E-state index contributed by atoms with van der Waals surface area (Å²) in [6.45, 7) is 11.9. The summed E-state index contributed by atoms with van der Waals surface area (Å²) in [5, 5.41) is 3.00. The summed E-state index contributed by atoms with van der Waals surface area (Å²) >= 11 is 1.75. The van der Waals surface area contributed by atoms with Gasteiger partial charge in [0.1, 0.15) is 5.37 Å². The zero-order valence-electron chi connectivity index (χ0n) is 16.5. The van der Waals surface area contributed by atoms with Crippen LogP contribution in [0.2, 0.25) is 0 Å². The lowest BCUT2D eigenvalue weighted by molar-refractivity contribution is -0.903. The van der Waals surface area contributed by atoms with Gasteiger partial charge in [-0.3, -0.25) is 4.79 Å². The second-order valence-electron chi connectivity index (χ2n) is 7.34. The van der Waals surface area contributed by atoms with E-state index in [4.69, 9.17) is 0 Å². The van der Waals surface area contributed by atoms with Crippen LogP contribution in [-0.2, 0) is 4.79 Å². The molecule has 2 heterocycles. The normalized spacial score (nSPS) is 23.7. The van der Waals surface area contributed by atoms with Crippen molar-refractivity contribution in [3.8, 4) is 0 Å². The first-order valence-corrected chi connectivity index (χ1v) is 10.8. The van der Waals surface area contributed by atoms with Crippen molar-refractivity contribution in [3.05, 3.63) is 35.4 Å². The summed E-state index contributed by atoms with van der Waals surface area (Å²) in [6.07, 6.45) is 0. The Morgan fingerprint density at radius 2 is 2.00 bits per heavy atom. The topological polar surface area (TPSA) is 57.1 Å². The van der Waals surface area contributed by atoms with Gasteiger partial charge in [-0.1, -0.05) is 24.3 Å². The molecule has 148 valence electrons. The molecule has 2 aliphatic rings. The first-order chi connectivity index (χ1) is 13.0.